The number of carbonyl (C=O) groups is 1. The van der Waals surface area contributed by atoms with E-state index >= 15 is 0 Å². The van der Waals surface area contributed by atoms with Gasteiger partial charge in [-0.25, -0.2) is 4.98 Å². The molecule has 1 aromatic heterocycles. The maximum atomic E-state index is 13.0. The summed E-state index contributed by atoms with van der Waals surface area (Å²) in [6.45, 7) is 0. The fourth-order valence-electron chi connectivity index (χ4n) is 3.01. The van der Waals surface area contributed by atoms with E-state index in [0.717, 1.165) is 0 Å². The van der Waals surface area contributed by atoms with Crippen LogP contribution in [0, 0.1) is 10.1 Å². The molecule has 9 heteroatoms. The number of pyridine rings is 1. The third-order valence-electron chi connectivity index (χ3n) is 4.37. The number of hydrogen-bond acceptors (Lipinski definition) is 8. The van der Waals surface area contributed by atoms with Crippen LogP contribution < -0.4 is 18.9 Å². The molecule has 0 aliphatic heterocycles. The second-order valence-electron chi connectivity index (χ2n) is 5.88. The van der Waals surface area contributed by atoms with Crippen molar-refractivity contribution in [1.29, 1.82) is 0 Å². The molecule has 3 aromatic rings. The minimum atomic E-state index is -0.538. The van der Waals surface area contributed by atoms with Gasteiger partial charge < -0.3 is 18.9 Å². The predicted octanol–water partition coefficient (Wildman–Crippen LogP) is 3.41. The largest absolute Gasteiger partial charge is 0.493 e. The summed E-state index contributed by atoms with van der Waals surface area (Å²) in [5.74, 6) is 0.742. The van der Waals surface area contributed by atoms with Crippen molar-refractivity contribution in [1.82, 2.24) is 4.98 Å². The Labute approximate surface area is 165 Å². The smallest absolute Gasteiger partial charge is 0.320 e. The highest BCUT2D eigenvalue weighted by Gasteiger charge is 2.23. The molecule has 0 amide bonds. The molecule has 0 aliphatic rings. The van der Waals surface area contributed by atoms with Gasteiger partial charge in [-0.2, -0.15) is 0 Å². The van der Waals surface area contributed by atoms with Crippen molar-refractivity contribution in [3.63, 3.8) is 0 Å². The van der Waals surface area contributed by atoms with Crippen LogP contribution in [-0.4, -0.2) is 44.1 Å². The molecule has 150 valence electrons. The number of ketones is 1. The Balaban J connectivity index is 2.12. The summed E-state index contributed by atoms with van der Waals surface area (Å²) in [6, 6.07) is 8.96. The van der Waals surface area contributed by atoms with Crippen molar-refractivity contribution in [2.45, 2.75) is 0 Å². The van der Waals surface area contributed by atoms with Gasteiger partial charge in [0.15, 0.2) is 17.2 Å². The Morgan fingerprint density at radius 1 is 0.897 bits per heavy atom. The van der Waals surface area contributed by atoms with E-state index in [9.17, 15) is 14.9 Å². The van der Waals surface area contributed by atoms with Crippen molar-refractivity contribution in [2.24, 2.45) is 0 Å². The van der Waals surface area contributed by atoms with Crippen molar-refractivity contribution in [3.8, 4) is 23.0 Å². The third kappa shape index (κ3) is 3.49. The van der Waals surface area contributed by atoms with Gasteiger partial charge in [0.1, 0.15) is 5.69 Å². The van der Waals surface area contributed by atoms with Crippen molar-refractivity contribution in [2.75, 3.05) is 28.4 Å². The number of carbonyl (C=O) groups excluding carboxylic acids is 1. The van der Waals surface area contributed by atoms with Crippen molar-refractivity contribution < 1.29 is 28.7 Å². The predicted molar refractivity (Wildman–Crippen MR) is 104 cm³/mol. The van der Waals surface area contributed by atoms with E-state index in [1.165, 1.54) is 58.8 Å². The van der Waals surface area contributed by atoms with Gasteiger partial charge in [-0.15, -0.1) is 0 Å². The average molecular weight is 398 g/mol. The second kappa shape index (κ2) is 8.01. The molecule has 0 aliphatic carbocycles. The number of nitro groups is 1. The van der Waals surface area contributed by atoms with Gasteiger partial charge in [0, 0.05) is 5.56 Å². The molecule has 0 N–H and O–H groups in total. The number of methoxy groups -OCH3 is 4. The summed E-state index contributed by atoms with van der Waals surface area (Å²) in [5.41, 5.74) is 0.487. The highest BCUT2D eigenvalue weighted by atomic mass is 16.6. The van der Waals surface area contributed by atoms with Crippen LogP contribution in [0.5, 0.6) is 23.0 Å². The lowest BCUT2D eigenvalue weighted by atomic mass is 10.0. The minimum absolute atomic E-state index is 0.117. The topological polar surface area (TPSA) is 110 Å². The maximum absolute atomic E-state index is 13.0. The van der Waals surface area contributed by atoms with E-state index in [1.807, 2.05) is 0 Å². The molecule has 0 radical (unpaired) electrons. The van der Waals surface area contributed by atoms with Crippen molar-refractivity contribution in [3.05, 3.63) is 57.8 Å². The van der Waals surface area contributed by atoms with E-state index in [-0.39, 0.29) is 28.1 Å². The van der Waals surface area contributed by atoms with Gasteiger partial charge in [0.05, 0.1) is 44.3 Å². The number of hydrogen-bond donors (Lipinski definition) is 0. The van der Waals surface area contributed by atoms with Gasteiger partial charge in [-0.05, 0) is 36.4 Å². The highest BCUT2D eigenvalue weighted by Crippen LogP contribution is 2.39. The molecule has 0 saturated carbocycles. The molecule has 1 heterocycles. The van der Waals surface area contributed by atoms with Crippen LogP contribution in [0.1, 0.15) is 16.1 Å². The first kappa shape index (κ1) is 19.9. The van der Waals surface area contributed by atoms with Gasteiger partial charge in [-0.1, -0.05) is 0 Å². The first-order valence-corrected chi connectivity index (χ1v) is 8.42. The maximum Gasteiger partial charge on any atom is 0.320 e. The first-order chi connectivity index (χ1) is 13.9. The number of nitro benzene ring substituents is 1. The van der Waals surface area contributed by atoms with Crippen molar-refractivity contribution >= 4 is 22.4 Å². The number of ether oxygens (including phenoxy) is 4. The molecule has 29 heavy (non-hydrogen) atoms. The molecule has 0 fully saturated rings. The highest BCUT2D eigenvalue weighted by molar-refractivity contribution is 6.09. The Hall–Kier alpha value is -3.88. The lowest BCUT2D eigenvalue weighted by molar-refractivity contribution is -0.383. The number of aromatic nitrogens is 1. The molecule has 3 rings (SSSR count). The van der Waals surface area contributed by atoms with Crippen LogP contribution in [0.4, 0.5) is 5.69 Å². The summed E-state index contributed by atoms with van der Waals surface area (Å²) in [6.07, 6.45) is 0. The number of rotatable bonds is 7. The van der Waals surface area contributed by atoms with Crippen LogP contribution in [0.2, 0.25) is 0 Å². The lowest BCUT2D eigenvalue weighted by Crippen LogP contribution is -2.06. The number of nitrogens with zero attached hydrogens (tertiary/aromatic N) is 2. The summed E-state index contributed by atoms with van der Waals surface area (Å²) >= 11 is 0. The summed E-state index contributed by atoms with van der Waals surface area (Å²) < 4.78 is 20.9. The third-order valence-corrected chi connectivity index (χ3v) is 4.37. The van der Waals surface area contributed by atoms with Crippen LogP contribution in [-0.2, 0) is 0 Å². The summed E-state index contributed by atoms with van der Waals surface area (Å²) in [7, 11) is 5.72. The monoisotopic (exact) mass is 398 g/mol. The molecule has 0 atom stereocenters. The zero-order valence-electron chi connectivity index (χ0n) is 16.2. The Bertz CT molecular complexity index is 1090. The molecule has 0 spiro atoms. The van der Waals surface area contributed by atoms with Gasteiger partial charge in [-0.3, -0.25) is 14.9 Å². The Kier molecular flexibility index (Phi) is 5.49. The molecule has 0 saturated heterocycles. The molecular weight excluding hydrogens is 380 g/mol. The SMILES string of the molecule is COc1cc(C(=O)c2ccc3c([N+](=O)[O-])c(OC)ccc3n2)cc(OC)c1OC. The Morgan fingerprint density at radius 2 is 1.52 bits per heavy atom. The van der Waals surface area contributed by atoms with Gasteiger partial charge in [0.25, 0.3) is 0 Å². The fourth-order valence-corrected chi connectivity index (χ4v) is 3.01. The average Bonchev–Trinajstić information content (AvgIpc) is 2.75. The molecule has 2 aromatic carbocycles. The van der Waals surface area contributed by atoms with Crippen LogP contribution >= 0.6 is 0 Å². The summed E-state index contributed by atoms with van der Waals surface area (Å²) in [5, 5.41) is 11.7. The number of benzene rings is 2. The zero-order valence-corrected chi connectivity index (χ0v) is 16.2. The molecule has 0 bridgehead atoms. The molecular formula is C20H18N2O7. The fraction of sp³-hybridized carbons (Fsp3) is 0.200. The first-order valence-electron chi connectivity index (χ1n) is 8.42. The lowest BCUT2D eigenvalue weighted by Gasteiger charge is -2.13. The van der Waals surface area contributed by atoms with E-state index < -0.39 is 10.7 Å². The van der Waals surface area contributed by atoms with Crippen LogP contribution in [0.25, 0.3) is 10.9 Å². The van der Waals surface area contributed by atoms with Crippen LogP contribution in [0.3, 0.4) is 0 Å². The molecule has 9 nitrogen and oxygen atoms in total. The standard InChI is InChI=1S/C20H18N2O7/c1-26-15-8-7-13-12(18(15)22(24)25)5-6-14(21-13)19(23)11-9-16(27-2)20(29-4)17(10-11)28-3/h5-10H,1-4H3. The van der Waals surface area contributed by atoms with Gasteiger partial charge in [0.2, 0.25) is 11.5 Å². The van der Waals surface area contributed by atoms with E-state index in [4.69, 9.17) is 18.9 Å². The zero-order chi connectivity index (χ0) is 21.1. The van der Waals surface area contributed by atoms with E-state index in [0.29, 0.717) is 22.8 Å². The number of fused-ring (bicyclic) bond motifs is 1. The minimum Gasteiger partial charge on any atom is -0.493 e. The Morgan fingerprint density at radius 3 is 2.03 bits per heavy atom. The van der Waals surface area contributed by atoms with Gasteiger partial charge >= 0.3 is 5.69 Å². The van der Waals surface area contributed by atoms with E-state index in [2.05, 4.69) is 4.98 Å². The molecule has 0 unspecified atom stereocenters. The second-order valence-corrected chi connectivity index (χ2v) is 5.88. The normalized spacial score (nSPS) is 10.5. The quantitative estimate of drug-likeness (QED) is 0.338. The van der Waals surface area contributed by atoms with Crippen LogP contribution in [0.15, 0.2) is 36.4 Å². The summed E-state index contributed by atoms with van der Waals surface area (Å²) in [4.78, 5) is 28.2. The van der Waals surface area contributed by atoms with E-state index in [1.54, 1.807) is 6.07 Å².